The van der Waals surface area contributed by atoms with Gasteiger partial charge in [-0.2, -0.15) is 0 Å². The Hall–Kier alpha value is -1.26. The Morgan fingerprint density at radius 1 is 1.45 bits per heavy atom. The van der Waals surface area contributed by atoms with Gasteiger partial charge >= 0.3 is 0 Å². The summed E-state index contributed by atoms with van der Waals surface area (Å²) in [6.45, 7) is 6.19. The Balaban J connectivity index is 2.88. The van der Waals surface area contributed by atoms with Gasteiger partial charge in [0.2, 0.25) is 0 Å². The molecule has 0 radical (unpaired) electrons. The first-order valence-corrected chi connectivity index (χ1v) is 7.34. The third-order valence-electron chi connectivity index (χ3n) is 3.09. The van der Waals surface area contributed by atoms with Crippen LogP contribution in [0.1, 0.15) is 32.8 Å². The molecule has 0 fully saturated rings. The SMILES string of the molecule is CCNC(=O)C(C)Oc1cccc(Cl)c1CC(N)CC. The van der Waals surface area contributed by atoms with Crippen LogP contribution in [0, 0.1) is 0 Å². The maximum atomic E-state index is 11.7. The number of carbonyl (C=O) groups is 1. The molecule has 4 nitrogen and oxygen atoms in total. The molecular formula is C15H23ClN2O2. The topological polar surface area (TPSA) is 64.3 Å². The first-order chi connectivity index (χ1) is 9.49. The average Bonchev–Trinajstić information content (AvgIpc) is 2.42. The van der Waals surface area contributed by atoms with Crippen LogP contribution in [0.2, 0.25) is 5.02 Å². The summed E-state index contributed by atoms with van der Waals surface area (Å²) < 4.78 is 5.73. The molecule has 3 N–H and O–H groups in total. The zero-order chi connectivity index (χ0) is 15.1. The number of likely N-dealkylation sites (N-methyl/N-ethyl adjacent to an activating group) is 1. The average molecular weight is 299 g/mol. The van der Waals surface area contributed by atoms with E-state index in [-0.39, 0.29) is 11.9 Å². The third-order valence-corrected chi connectivity index (χ3v) is 3.44. The van der Waals surface area contributed by atoms with Crippen LogP contribution in [0.15, 0.2) is 18.2 Å². The summed E-state index contributed by atoms with van der Waals surface area (Å²) in [4.78, 5) is 11.7. The van der Waals surface area contributed by atoms with E-state index in [0.717, 1.165) is 12.0 Å². The highest BCUT2D eigenvalue weighted by Crippen LogP contribution is 2.28. The lowest BCUT2D eigenvalue weighted by molar-refractivity contribution is -0.127. The number of amides is 1. The predicted molar refractivity (Wildman–Crippen MR) is 82.2 cm³/mol. The molecule has 2 unspecified atom stereocenters. The van der Waals surface area contributed by atoms with Gasteiger partial charge in [0, 0.05) is 23.2 Å². The second kappa shape index (κ2) is 8.12. The van der Waals surface area contributed by atoms with Crippen molar-refractivity contribution < 1.29 is 9.53 Å². The van der Waals surface area contributed by atoms with Crippen molar-refractivity contribution in [1.29, 1.82) is 0 Å². The summed E-state index contributed by atoms with van der Waals surface area (Å²) in [5, 5.41) is 3.35. The normalized spacial score (nSPS) is 13.7. The fourth-order valence-electron chi connectivity index (χ4n) is 1.82. The highest BCUT2D eigenvalue weighted by molar-refractivity contribution is 6.31. The van der Waals surface area contributed by atoms with Crippen molar-refractivity contribution in [2.45, 2.75) is 45.8 Å². The van der Waals surface area contributed by atoms with Crippen LogP contribution >= 0.6 is 11.6 Å². The lowest BCUT2D eigenvalue weighted by Gasteiger charge is -2.19. The molecular weight excluding hydrogens is 276 g/mol. The van der Waals surface area contributed by atoms with Crippen molar-refractivity contribution in [2.75, 3.05) is 6.54 Å². The van der Waals surface area contributed by atoms with E-state index in [0.29, 0.717) is 23.7 Å². The molecule has 2 atom stereocenters. The van der Waals surface area contributed by atoms with Crippen molar-refractivity contribution in [3.8, 4) is 5.75 Å². The second-order valence-electron chi connectivity index (χ2n) is 4.74. The van der Waals surface area contributed by atoms with Crippen LogP contribution in [0.4, 0.5) is 0 Å². The molecule has 1 rings (SSSR count). The van der Waals surface area contributed by atoms with Gasteiger partial charge in [0.25, 0.3) is 5.91 Å². The molecule has 0 aliphatic rings. The highest BCUT2D eigenvalue weighted by atomic mass is 35.5. The van der Waals surface area contributed by atoms with Gasteiger partial charge in [-0.15, -0.1) is 0 Å². The Bertz CT molecular complexity index is 451. The van der Waals surface area contributed by atoms with Crippen molar-refractivity contribution in [3.05, 3.63) is 28.8 Å². The lowest BCUT2D eigenvalue weighted by Crippen LogP contribution is -2.36. The van der Waals surface area contributed by atoms with Gasteiger partial charge in [0.1, 0.15) is 5.75 Å². The Morgan fingerprint density at radius 3 is 2.75 bits per heavy atom. The van der Waals surface area contributed by atoms with Crippen LogP contribution in [0.25, 0.3) is 0 Å². The molecule has 0 heterocycles. The van der Waals surface area contributed by atoms with Gasteiger partial charge in [0.05, 0.1) is 0 Å². The van der Waals surface area contributed by atoms with Crippen LogP contribution < -0.4 is 15.8 Å². The smallest absolute Gasteiger partial charge is 0.260 e. The minimum absolute atomic E-state index is 0.0250. The largest absolute Gasteiger partial charge is 0.481 e. The zero-order valence-electron chi connectivity index (χ0n) is 12.3. The van der Waals surface area contributed by atoms with E-state index in [1.54, 1.807) is 6.92 Å². The molecule has 112 valence electrons. The number of ether oxygens (including phenoxy) is 1. The molecule has 1 aromatic carbocycles. The molecule has 20 heavy (non-hydrogen) atoms. The lowest BCUT2D eigenvalue weighted by atomic mass is 10.0. The molecule has 0 aromatic heterocycles. The fraction of sp³-hybridized carbons (Fsp3) is 0.533. The number of nitrogens with one attached hydrogen (secondary N) is 1. The highest BCUT2D eigenvalue weighted by Gasteiger charge is 2.17. The summed E-state index contributed by atoms with van der Waals surface area (Å²) in [5.41, 5.74) is 6.85. The summed E-state index contributed by atoms with van der Waals surface area (Å²) in [6.07, 6.45) is 0.925. The van der Waals surface area contributed by atoms with Crippen LogP contribution in [0.3, 0.4) is 0 Å². The van der Waals surface area contributed by atoms with Crippen LogP contribution in [0.5, 0.6) is 5.75 Å². The maximum absolute atomic E-state index is 11.7. The Morgan fingerprint density at radius 2 is 2.15 bits per heavy atom. The number of hydrogen-bond donors (Lipinski definition) is 2. The zero-order valence-corrected chi connectivity index (χ0v) is 13.0. The minimum atomic E-state index is -0.565. The Kier molecular flexibility index (Phi) is 6.82. The molecule has 0 aliphatic heterocycles. The third kappa shape index (κ3) is 4.69. The minimum Gasteiger partial charge on any atom is -0.481 e. The molecule has 1 amide bonds. The molecule has 0 bridgehead atoms. The van der Waals surface area contributed by atoms with E-state index in [9.17, 15) is 4.79 Å². The van der Waals surface area contributed by atoms with Crippen LogP contribution in [-0.2, 0) is 11.2 Å². The van der Waals surface area contributed by atoms with E-state index in [1.807, 2.05) is 32.0 Å². The first kappa shape index (κ1) is 16.8. The van der Waals surface area contributed by atoms with Crippen molar-refractivity contribution in [1.82, 2.24) is 5.32 Å². The first-order valence-electron chi connectivity index (χ1n) is 6.96. The standard InChI is InChI=1S/C15H23ClN2O2/c1-4-11(17)9-12-13(16)7-6-8-14(12)20-10(3)15(19)18-5-2/h6-8,10-11H,4-5,9,17H2,1-3H3,(H,18,19). The second-order valence-corrected chi connectivity index (χ2v) is 5.15. The summed E-state index contributed by atoms with van der Waals surface area (Å²) in [7, 11) is 0. The van der Waals surface area contributed by atoms with E-state index in [4.69, 9.17) is 22.1 Å². The van der Waals surface area contributed by atoms with Gasteiger partial charge in [-0.25, -0.2) is 0 Å². The summed E-state index contributed by atoms with van der Waals surface area (Å²) in [5.74, 6) is 0.485. The van der Waals surface area contributed by atoms with Crippen LogP contribution in [-0.4, -0.2) is 24.6 Å². The monoisotopic (exact) mass is 298 g/mol. The van der Waals surface area contributed by atoms with Crippen molar-refractivity contribution >= 4 is 17.5 Å². The number of hydrogen-bond acceptors (Lipinski definition) is 3. The van der Waals surface area contributed by atoms with Gasteiger partial charge in [-0.1, -0.05) is 24.6 Å². The van der Waals surface area contributed by atoms with Crippen molar-refractivity contribution in [2.24, 2.45) is 5.73 Å². The van der Waals surface area contributed by atoms with E-state index in [2.05, 4.69) is 5.32 Å². The number of benzene rings is 1. The summed E-state index contributed by atoms with van der Waals surface area (Å²) in [6, 6.07) is 5.46. The molecule has 0 spiro atoms. The molecule has 0 saturated carbocycles. The van der Waals surface area contributed by atoms with Crippen molar-refractivity contribution in [3.63, 3.8) is 0 Å². The molecule has 0 aliphatic carbocycles. The molecule has 5 heteroatoms. The number of carbonyl (C=O) groups excluding carboxylic acids is 1. The molecule has 1 aromatic rings. The molecule has 0 saturated heterocycles. The fourth-order valence-corrected chi connectivity index (χ4v) is 2.06. The van der Waals surface area contributed by atoms with E-state index in [1.165, 1.54) is 0 Å². The van der Waals surface area contributed by atoms with Gasteiger partial charge in [-0.3, -0.25) is 4.79 Å². The van der Waals surface area contributed by atoms with Gasteiger partial charge in [0.15, 0.2) is 6.10 Å². The van der Waals surface area contributed by atoms with Gasteiger partial charge < -0.3 is 15.8 Å². The van der Waals surface area contributed by atoms with E-state index >= 15 is 0 Å². The number of halogens is 1. The van der Waals surface area contributed by atoms with E-state index < -0.39 is 6.10 Å². The Labute approximate surface area is 125 Å². The van der Waals surface area contributed by atoms with Gasteiger partial charge in [-0.05, 0) is 38.8 Å². The number of rotatable bonds is 7. The maximum Gasteiger partial charge on any atom is 0.260 e. The predicted octanol–water partition coefficient (Wildman–Crippen LogP) is 2.52. The quantitative estimate of drug-likeness (QED) is 0.813. The number of nitrogens with two attached hydrogens (primary N) is 1. The summed E-state index contributed by atoms with van der Waals surface area (Å²) >= 11 is 6.22.